The number of amides is 6. The number of esters is 2. The maximum absolute atomic E-state index is 12.6. The van der Waals surface area contributed by atoms with Gasteiger partial charge in [0.1, 0.15) is 11.2 Å². The van der Waals surface area contributed by atoms with Crippen LogP contribution in [0, 0.1) is 0 Å². The average Bonchev–Trinajstić information content (AvgIpc) is 0.903. The van der Waals surface area contributed by atoms with Crippen LogP contribution in [0.3, 0.4) is 0 Å². The van der Waals surface area contributed by atoms with Crippen LogP contribution in [-0.4, -0.2) is 249 Å². The molecule has 35 nitrogen and oxygen atoms in total. The molecular formula is C82H100Cl5N20O15+. The Morgan fingerprint density at radius 2 is 0.672 bits per heavy atom. The van der Waals surface area contributed by atoms with E-state index in [0.717, 1.165) is 79.2 Å². The number of carboxylic acids is 1. The van der Waals surface area contributed by atoms with Gasteiger partial charge in [0.25, 0.3) is 11.1 Å². The molecule has 0 saturated carbocycles. The van der Waals surface area contributed by atoms with E-state index in [1.54, 1.807) is 106 Å². The number of halogens is 5. The quantitative estimate of drug-likeness (QED) is 0.0190. The number of nitrogens with zero attached hydrogens (tertiary/aromatic N) is 15. The summed E-state index contributed by atoms with van der Waals surface area (Å²) in [7, 11) is 0. The second-order valence-corrected chi connectivity index (χ2v) is 31.3. The van der Waals surface area contributed by atoms with Crippen molar-refractivity contribution in [3.63, 3.8) is 0 Å². The van der Waals surface area contributed by atoms with E-state index in [0.29, 0.717) is 127 Å². The van der Waals surface area contributed by atoms with E-state index in [-0.39, 0.29) is 45.2 Å². The van der Waals surface area contributed by atoms with E-state index >= 15 is 0 Å². The molecule has 0 spiro atoms. The Labute approximate surface area is 733 Å². The first-order valence-corrected chi connectivity index (χ1v) is 40.4. The minimum absolute atomic E-state index is 0. The van der Waals surface area contributed by atoms with Crippen molar-refractivity contribution >= 4 is 163 Å². The maximum atomic E-state index is 12.6. The van der Waals surface area contributed by atoms with E-state index in [4.69, 9.17) is 78.3 Å². The zero-order valence-electron chi connectivity index (χ0n) is 69.8. The molecule has 6 amide bonds. The van der Waals surface area contributed by atoms with Gasteiger partial charge in [-0.3, -0.25) is 49.0 Å². The smallest absolute Gasteiger partial charge is 0.481 e. The Morgan fingerprint density at radius 3 is 0.934 bits per heavy atom. The van der Waals surface area contributed by atoms with Gasteiger partial charge in [0.15, 0.2) is 57.1 Å². The molecule has 0 radical (unpaired) electrons. The fraction of sp³-hybridized carbons (Fsp3) is 0.390. The zero-order valence-corrected chi connectivity index (χ0v) is 72.5. The van der Waals surface area contributed by atoms with E-state index in [1.165, 1.54) is 13.8 Å². The zero-order chi connectivity index (χ0) is 88.9. The van der Waals surface area contributed by atoms with Crippen molar-refractivity contribution in [2.24, 2.45) is 0 Å². The molecule has 8 aromatic rings. The molecule has 652 valence electrons. The lowest BCUT2D eigenvalue weighted by Gasteiger charge is -2.35. The number of carbonyl (C=O) groups is 10. The number of aliphatic carboxylic acids is 1. The Balaban J connectivity index is 0.000000237. The van der Waals surface area contributed by atoms with Gasteiger partial charge in [-0.25, -0.2) is 9.59 Å². The number of nitrogens with two attached hydrogens (primary N) is 1. The summed E-state index contributed by atoms with van der Waals surface area (Å²) in [6.07, 6.45) is -0.0769. The lowest BCUT2D eigenvalue weighted by atomic mass is 10.1. The summed E-state index contributed by atoms with van der Waals surface area (Å²) in [4.78, 5) is 128. The Bertz CT molecular complexity index is 4690. The van der Waals surface area contributed by atoms with Crippen LogP contribution in [0.15, 0.2) is 146 Å². The number of nitrogens with one attached hydrogen (secondary N) is 4. The minimum Gasteiger partial charge on any atom is -0.481 e. The van der Waals surface area contributed by atoms with Gasteiger partial charge in [0.2, 0.25) is 17.7 Å². The third-order valence-corrected chi connectivity index (χ3v) is 18.3. The van der Waals surface area contributed by atoms with Crippen molar-refractivity contribution in [3.8, 4) is 0 Å². The van der Waals surface area contributed by atoms with Crippen LogP contribution < -0.4 is 46.6 Å². The number of hydrogen-bond acceptors (Lipinski definition) is 28. The number of ether oxygens (including phenoxy) is 4. The number of benzene rings is 4. The molecule has 7 N–H and O–H groups in total. The molecule has 4 aliphatic rings. The van der Waals surface area contributed by atoms with Gasteiger partial charge in [-0.05, 0) is 172 Å². The van der Waals surface area contributed by atoms with E-state index in [9.17, 15) is 47.9 Å². The van der Waals surface area contributed by atoms with Crippen molar-refractivity contribution in [2.45, 2.75) is 92.3 Å². The highest BCUT2D eigenvalue weighted by molar-refractivity contribution is 6.64. The summed E-state index contributed by atoms with van der Waals surface area (Å²) >= 11 is 27.8. The monoisotopic (exact) mass is 1780 g/mol. The largest absolute Gasteiger partial charge is 1.00 e. The first kappa shape index (κ1) is 97.2. The molecule has 12 rings (SSSR count). The van der Waals surface area contributed by atoms with E-state index in [1.807, 2.05) is 96.1 Å². The fourth-order valence-corrected chi connectivity index (χ4v) is 12.0. The Kier molecular flexibility index (Phi) is 39.2. The second kappa shape index (κ2) is 49.1. The number of nitrogen functional groups attached to an aromatic ring is 1. The van der Waals surface area contributed by atoms with Gasteiger partial charge in [-0.15, -0.1) is 40.8 Å². The summed E-state index contributed by atoms with van der Waals surface area (Å²) in [5.41, 5.74) is 10.4. The number of carboxylic acid groups (broad SMARTS) is 1. The number of anilines is 8. The summed E-state index contributed by atoms with van der Waals surface area (Å²) in [5, 5.41) is 52.3. The lowest BCUT2D eigenvalue weighted by Crippen LogP contribution is -2.49. The van der Waals surface area contributed by atoms with Gasteiger partial charge in [-0.1, -0.05) is 94.9 Å². The molecule has 0 unspecified atom stereocenters. The number of carbonyl (C=O) groups excluding carboxylic acids is 9. The molecule has 122 heavy (non-hydrogen) atoms. The van der Waals surface area contributed by atoms with Gasteiger partial charge in [-0.2, -0.15) is 0 Å². The minimum atomic E-state index is -0.886. The number of rotatable bonds is 19. The molecule has 4 aromatic carbocycles. The van der Waals surface area contributed by atoms with E-state index < -0.39 is 52.4 Å². The van der Waals surface area contributed by atoms with Crippen LogP contribution in [0.25, 0.3) is 0 Å². The lowest BCUT2D eigenvalue weighted by molar-refractivity contribution is -0.145. The van der Waals surface area contributed by atoms with Crippen molar-refractivity contribution in [1.82, 2.24) is 60.8 Å². The SMILES string of the molecule is CC(=O)OCC(=O)Cl.CC(=O)OCC(=O)Nc1ccc(CC(=O)N2CCN(c3ccc(Cl)nn3)CC2)cc1.CC(C)(C)OC(=O)Nc1ccc(CC(=O)N2CCN(c3ccc(Cl)nn3)CC2)cc1.CC(C)(C)OC(=O)Nc1ccc(CC(=O)O)cc1.Clc1ccc(N2CCNCC2)nn1.Nc1ccc(CC(=O)N2CCN(c3ccc(Cl)nn3)CC2)cc1.[H+]. The molecule has 4 aromatic heterocycles. The first-order chi connectivity index (χ1) is 58.0. The number of piperazine rings is 4. The molecule has 0 aliphatic carbocycles. The normalized spacial score (nSPS) is 13.7. The highest BCUT2D eigenvalue weighted by Crippen LogP contribution is 2.23. The van der Waals surface area contributed by atoms with Crippen LogP contribution in [0.1, 0.15) is 79.1 Å². The van der Waals surface area contributed by atoms with Crippen LogP contribution >= 0.6 is 58.0 Å². The first-order valence-electron chi connectivity index (χ1n) is 38.6. The van der Waals surface area contributed by atoms with Crippen LogP contribution in [0.5, 0.6) is 0 Å². The van der Waals surface area contributed by atoms with Crippen molar-refractivity contribution < 1.29 is 73.4 Å². The number of hydrogen-bond donors (Lipinski definition) is 6. The van der Waals surface area contributed by atoms with Crippen molar-refractivity contribution in [1.29, 1.82) is 0 Å². The molecule has 0 bridgehead atoms. The van der Waals surface area contributed by atoms with Gasteiger partial charge in [0, 0.05) is 141 Å². The Hall–Kier alpha value is -11.9. The molecule has 0 atom stereocenters. The fourth-order valence-electron chi connectivity index (χ4n) is 11.5. The highest BCUT2D eigenvalue weighted by Gasteiger charge is 2.27. The Morgan fingerprint density at radius 1 is 0.393 bits per heavy atom. The van der Waals surface area contributed by atoms with Gasteiger partial charge >= 0.3 is 31.5 Å². The van der Waals surface area contributed by atoms with E-state index in [2.05, 4.69) is 91.1 Å². The topological polar surface area (TPSA) is 428 Å². The second-order valence-electron chi connectivity index (χ2n) is 29.3. The summed E-state index contributed by atoms with van der Waals surface area (Å²) in [5.74, 6) is 1.15. The molecule has 8 heterocycles. The third kappa shape index (κ3) is 37.4. The van der Waals surface area contributed by atoms with Crippen LogP contribution in [-0.2, 0) is 83.0 Å². The van der Waals surface area contributed by atoms with Gasteiger partial charge in [0.05, 0.1) is 25.7 Å². The van der Waals surface area contributed by atoms with Crippen molar-refractivity contribution in [3.05, 3.63) is 188 Å². The molecule has 4 fully saturated rings. The summed E-state index contributed by atoms with van der Waals surface area (Å²) in [6.45, 7) is 24.6. The maximum Gasteiger partial charge on any atom is 1.00 e. The highest BCUT2D eigenvalue weighted by atomic mass is 35.5. The van der Waals surface area contributed by atoms with Crippen molar-refractivity contribution in [2.75, 3.05) is 159 Å². The molecule has 4 aliphatic heterocycles. The summed E-state index contributed by atoms with van der Waals surface area (Å²) < 4.78 is 19.2. The van der Waals surface area contributed by atoms with Crippen LogP contribution in [0.4, 0.5) is 55.6 Å². The third-order valence-electron chi connectivity index (χ3n) is 17.4. The standard InChI is InChI=1S/C21H26ClN5O3.C20H22ClN5O4.C16H18ClN5O.C13H17NO4.C8H11ClN4.C4H5ClO3/c1-21(2,3)30-20(29)23-16-6-4-15(5-7-16)14-19(28)27-12-10-26(11-13-27)18-9-8-17(22)24-25-18;1-14(27)30-13-19(28)22-16-4-2-15(3-5-16)12-20(29)26-10-8-25(9-11-26)18-7-6-17(21)23-24-18;17-14-5-6-15(20-19-14)21-7-9-22(10-8-21)16(23)11-12-1-3-13(18)4-2-12;1-13(2,3)18-12(17)14-10-6-4-9(5-7-10)8-11(15)16;9-7-1-2-8(12-11-7)13-5-3-10-4-6-13;1-3(6)8-2-4(5)7/h4-9H,10-14H2,1-3H3,(H,23,29);2-7H,8-13H2,1H3,(H,22,28);1-6H,7-11,18H2;4-7H,8H2,1-3H3,(H,14,17)(H,15,16);1-2,10H,3-6H2;2H2,1H3/p+1. The average molecular weight is 1780 g/mol. The predicted octanol–water partition coefficient (Wildman–Crippen LogP) is 10.1. The molecule has 4 saturated heterocycles. The summed E-state index contributed by atoms with van der Waals surface area (Å²) in [6, 6.07) is 42.5. The predicted molar refractivity (Wildman–Crippen MR) is 466 cm³/mol. The molecule has 40 heteroatoms. The van der Waals surface area contributed by atoms with Crippen LogP contribution in [0.2, 0.25) is 20.6 Å². The molecular weight excluding hydrogens is 1680 g/mol. The number of aromatic nitrogens is 8. The van der Waals surface area contributed by atoms with Gasteiger partial charge < -0.3 is 74.7 Å².